The van der Waals surface area contributed by atoms with Crippen molar-refractivity contribution in [2.24, 2.45) is 0 Å². The number of aromatic nitrogens is 3. The van der Waals surface area contributed by atoms with Crippen molar-refractivity contribution in [3.8, 4) is 0 Å². The van der Waals surface area contributed by atoms with Crippen molar-refractivity contribution in [1.82, 2.24) is 14.4 Å². The van der Waals surface area contributed by atoms with Crippen LogP contribution in [0.3, 0.4) is 0 Å². The Morgan fingerprint density at radius 2 is 2.19 bits per heavy atom. The maximum Gasteiger partial charge on any atom is 0.180 e. The van der Waals surface area contributed by atoms with E-state index in [9.17, 15) is 0 Å². The quantitative estimate of drug-likeness (QED) is 0.692. The second-order valence-electron chi connectivity index (χ2n) is 4.89. The molecule has 0 amide bonds. The molecule has 0 radical (unpaired) electrons. The van der Waals surface area contributed by atoms with Crippen molar-refractivity contribution < 1.29 is 0 Å². The number of hydrogen-bond donors (Lipinski definition) is 0. The van der Waals surface area contributed by atoms with E-state index >= 15 is 0 Å². The van der Waals surface area contributed by atoms with Crippen molar-refractivity contribution in [2.45, 2.75) is 13.0 Å². The molecular formula is C15H14BrClN4. The maximum atomic E-state index is 6.08. The van der Waals surface area contributed by atoms with Crippen LogP contribution in [0.5, 0.6) is 0 Å². The average Bonchev–Trinajstić information content (AvgIpc) is 2.93. The first-order valence-electron chi connectivity index (χ1n) is 6.54. The normalized spacial score (nSPS) is 12.6. The summed E-state index contributed by atoms with van der Waals surface area (Å²) < 4.78 is 2.72. The van der Waals surface area contributed by atoms with Crippen molar-refractivity contribution >= 4 is 39.0 Å². The predicted molar refractivity (Wildman–Crippen MR) is 89.0 cm³/mol. The standard InChI is InChI=1S/C15H14BrClN4/c1-10(11-4-3-5-12(17)8-11)20(2)15-14-18-6-7-21(14)9-13(16)19-15/h3-10H,1-2H3. The van der Waals surface area contributed by atoms with Crippen LogP contribution in [0.15, 0.2) is 47.5 Å². The molecule has 21 heavy (non-hydrogen) atoms. The number of anilines is 1. The first kappa shape index (κ1) is 14.4. The number of rotatable bonds is 3. The molecule has 2 aromatic heterocycles. The largest absolute Gasteiger partial charge is 0.350 e. The maximum absolute atomic E-state index is 6.08. The molecular weight excluding hydrogens is 352 g/mol. The SMILES string of the molecule is CC(c1cccc(Cl)c1)N(C)c1nc(Br)cn2ccnc12. The van der Waals surface area contributed by atoms with Gasteiger partial charge in [-0.15, -0.1) is 0 Å². The highest BCUT2D eigenvalue weighted by molar-refractivity contribution is 9.10. The highest BCUT2D eigenvalue weighted by Gasteiger charge is 2.18. The third kappa shape index (κ3) is 2.76. The van der Waals surface area contributed by atoms with E-state index in [4.69, 9.17) is 11.6 Å². The second kappa shape index (κ2) is 5.66. The summed E-state index contributed by atoms with van der Waals surface area (Å²) in [5.74, 6) is 0.821. The molecule has 1 unspecified atom stereocenters. The molecule has 0 spiro atoms. The minimum Gasteiger partial charge on any atom is -0.350 e. The summed E-state index contributed by atoms with van der Waals surface area (Å²) in [6, 6.07) is 8.01. The Labute approximate surface area is 136 Å². The zero-order valence-electron chi connectivity index (χ0n) is 11.7. The lowest BCUT2D eigenvalue weighted by atomic mass is 10.1. The highest BCUT2D eigenvalue weighted by atomic mass is 79.9. The molecule has 1 atom stereocenters. The van der Waals surface area contributed by atoms with Crippen LogP contribution < -0.4 is 4.90 Å². The summed E-state index contributed by atoms with van der Waals surface area (Å²) in [6.45, 7) is 2.12. The Balaban J connectivity index is 2.03. The van der Waals surface area contributed by atoms with Gasteiger partial charge >= 0.3 is 0 Å². The van der Waals surface area contributed by atoms with Crippen molar-refractivity contribution in [1.29, 1.82) is 0 Å². The van der Waals surface area contributed by atoms with E-state index in [1.807, 2.05) is 42.0 Å². The van der Waals surface area contributed by atoms with Gasteiger partial charge in [0.05, 0.1) is 6.04 Å². The van der Waals surface area contributed by atoms with Crippen LogP contribution in [0, 0.1) is 0 Å². The molecule has 6 heteroatoms. The summed E-state index contributed by atoms with van der Waals surface area (Å²) in [4.78, 5) is 11.1. The fourth-order valence-corrected chi connectivity index (χ4v) is 2.88. The van der Waals surface area contributed by atoms with Crippen LogP contribution in [0.2, 0.25) is 5.02 Å². The fraction of sp³-hybridized carbons (Fsp3) is 0.200. The number of fused-ring (bicyclic) bond motifs is 1. The van der Waals surface area contributed by atoms with Crippen LogP contribution in [0.1, 0.15) is 18.5 Å². The molecule has 3 rings (SSSR count). The van der Waals surface area contributed by atoms with Gasteiger partial charge in [0.15, 0.2) is 11.5 Å². The van der Waals surface area contributed by atoms with Gasteiger partial charge in [-0.2, -0.15) is 0 Å². The molecule has 0 saturated heterocycles. The minimum atomic E-state index is 0.131. The zero-order chi connectivity index (χ0) is 15.0. The van der Waals surface area contributed by atoms with E-state index in [1.54, 1.807) is 6.20 Å². The minimum absolute atomic E-state index is 0.131. The van der Waals surface area contributed by atoms with E-state index in [2.05, 4.69) is 43.8 Å². The molecule has 108 valence electrons. The molecule has 0 N–H and O–H groups in total. The number of hydrogen-bond acceptors (Lipinski definition) is 3. The van der Waals surface area contributed by atoms with Crippen LogP contribution in [0.25, 0.3) is 5.65 Å². The van der Waals surface area contributed by atoms with Crippen LogP contribution >= 0.6 is 27.5 Å². The number of imidazole rings is 1. The summed E-state index contributed by atoms with van der Waals surface area (Å²) >= 11 is 9.53. The van der Waals surface area contributed by atoms with Gasteiger partial charge in [0.25, 0.3) is 0 Å². The summed E-state index contributed by atoms with van der Waals surface area (Å²) in [5.41, 5.74) is 1.96. The molecule has 3 aromatic rings. The zero-order valence-corrected chi connectivity index (χ0v) is 14.0. The lowest BCUT2D eigenvalue weighted by Gasteiger charge is -2.26. The number of nitrogens with zero attached hydrogens (tertiary/aromatic N) is 4. The third-order valence-corrected chi connectivity index (χ3v) is 4.19. The Bertz CT molecular complexity index is 786. The molecule has 0 bridgehead atoms. The Morgan fingerprint density at radius 1 is 1.38 bits per heavy atom. The van der Waals surface area contributed by atoms with Gasteiger partial charge in [-0.25, -0.2) is 9.97 Å². The van der Waals surface area contributed by atoms with Crippen molar-refractivity contribution in [3.05, 3.63) is 58.0 Å². The number of halogens is 2. The Hall–Kier alpha value is -1.59. The smallest absolute Gasteiger partial charge is 0.180 e. The first-order chi connectivity index (χ1) is 10.1. The van der Waals surface area contributed by atoms with Crippen LogP contribution in [-0.4, -0.2) is 21.4 Å². The lowest BCUT2D eigenvalue weighted by Crippen LogP contribution is -2.23. The molecule has 1 aromatic carbocycles. The van der Waals surface area contributed by atoms with Gasteiger partial charge in [0, 0.05) is 30.7 Å². The predicted octanol–water partition coefficient (Wildman–Crippen LogP) is 4.34. The van der Waals surface area contributed by atoms with Crippen LogP contribution in [-0.2, 0) is 0 Å². The topological polar surface area (TPSA) is 33.4 Å². The van der Waals surface area contributed by atoms with Crippen molar-refractivity contribution in [3.63, 3.8) is 0 Å². The summed E-state index contributed by atoms with van der Waals surface area (Å²) in [7, 11) is 2.01. The molecule has 0 aliphatic rings. The van der Waals surface area contributed by atoms with E-state index in [0.717, 1.165) is 26.7 Å². The third-order valence-electron chi connectivity index (χ3n) is 3.57. The lowest BCUT2D eigenvalue weighted by molar-refractivity contribution is 0.727. The first-order valence-corrected chi connectivity index (χ1v) is 7.71. The van der Waals surface area contributed by atoms with Gasteiger partial charge in [-0.1, -0.05) is 23.7 Å². The van der Waals surface area contributed by atoms with E-state index in [-0.39, 0.29) is 6.04 Å². The monoisotopic (exact) mass is 364 g/mol. The van der Waals surface area contributed by atoms with E-state index in [0.29, 0.717) is 0 Å². The van der Waals surface area contributed by atoms with Gasteiger partial charge in [-0.05, 0) is 40.5 Å². The van der Waals surface area contributed by atoms with E-state index in [1.165, 1.54) is 0 Å². The molecule has 2 heterocycles. The fourth-order valence-electron chi connectivity index (χ4n) is 2.30. The molecule has 0 aliphatic carbocycles. The highest BCUT2D eigenvalue weighted by Crippen LogP contribution is 2.28. The van der Waals surface area contributed by atoms with E-state index < -0.39 is 0 Å². The summed E-state index contributed by atoms with van der Waals surface area (Å²) in [5, 5.41) is 0.737. The van der Waals surface area contributed by atoms with Gasteiger partial charge < -0.3 is 9.30 Å². The van der Waals surface area contributed by atoms with Crippen molar-refractivity contribution in [2.75, 3.05) is 11.9 Å². The Kier molecular flexibility index (Phi) is 3.87. The second-order valence-corrected chi connectivity index (χ2v) is 6.14. The van der Waals surface area contributed by atoms with Gasteiger partial charge in [-0.3, -0.25) is 0 Å². The molecule has 0 aliphatic heterocycles. The van der Waals surface area contributed by atoms with Gasteiger partial charge in [0.1, 0.15) is 4.60 Å². The van der Waals surface area contributed by atoms with Gasteiger partial charge in [0.2, 0.25) is 0 Å². The summed E-state index contributed by atoms with van der Waals surface area (Å²) in [6.07, 6.45) is 5.57. The molecule has 0 fully saturated rings. The molecule has 0 saturated carbocycles. The number of benzene rings is 1. The molecule has 4 nitrogen and oxygen atoms in total. The van der Waals surface area contributed by atoms with Crippen LogP contribution in [0.4, 0.5) is 5.82 Å². The Morgan fingerprint density at radius 3 is 2.95 bits per heavy atom. The average molecular weight is 366 g/mol.